The van der Waals surface area contributed by atoms with Crippen LogP contribution in [0.4, 0.5) is 5.69 Å². The van der Waals surface area contributed by atoms with E-state index in [1.54, 1.807) is 13.3 Å². The molecule has 2 aromatic carbocycles. The number of nitrogens with one attached hydrogen (secondary N) is 1. The summed E-state index contributed by atoms with van der Waals surface area (Å²) < 4.78 is 11.3. The minimum Gasteiger partial charge on any atom is -0.497 e. The van der Waals surface area contributed by atoms with Gasteiger partial charge in [-0.1, -0.05) is 35.9 Å². The number of rotatable bonds is 5. The first kappa shape index (κ1) is 23.9. The first-order valence-electron chi connectivity index (χ1n) is 10.5. The van der Waals surface area contributed by atoms with E-state index in [1.807, 2.05) is 31.3 Å². The lowest BCUT2D eigenvalue weighted by Crippen LogP contribution is -2.52. The highest BCUT2D eigenvalue weighted by Crippen LogP contribution is 2.23. The van der Waals surface area contributed by atoms with Crippen molar-refractivity contribution in [2.75, 3.05) is 45.2 Å². The van der Waals surface area contributed by atoms with Crippen molar-refractivity contribution in [3.05, 3.63) is 66.2 Å². The van der Waals surface area contributed by atoms with Crippen LogP contribution in [0.15, 0.2) is 64.1 Å². The van der Waals surface area contributed by atoms with Gasteiger partial charge in [-0.15, -0.1) is 24.0 Å². The van der Waals surface area contributed by atoms with E-state index in [4.69, 9.17) is 9.15 Å². The van der Waals surface area contributed by atoms with E-state index in [9.17, 15) is 0 Å². The second-order valence-electron chi connectivity index (χ2n) is 7.56. The maximum Gasteiger partial charge on any atom is 0.214 e. The van der Waals surface area contributed by atoms with E-state index in [1.165, 1.54) is 11.3 Å². The summed E-state index contributed by atoms with van der Waals surface area (Å²) in [4.78, 5) is 13.5. The number of oxazole rings is 1. The molecule has 0 radical (unpaired) electrons. The van der Waals surface area contributed by atoms with Gasteiger partial charge >= 0.3 is 0 Å². The van der Waals surface area contributed by atoms with Gasteiger partial charge in [0, 0.05) is 50.5 Å². The summed E-state index contributed by atoms with van der Waals surface area (Å²) in [6.45, 7) is 6.18. The normalized spacial score (nSPS) is 14.2. The Labute approximate surface area is 206 Å². The molecule has 7 nitrogen and oxygen atoms in total. The standard InChI is InChI=1S/C24H29N5O2.HI/c1-18-7-9-19(10-8-18)22-16-26-23(31-22)17-27-24(25-2)29-13-11-28(12-14-29)20-5-4-6-21(15-20)30-3;/h4-10,15-16H,11-14,17H2,1-3H3,(H,25,27);1H. The Bertz CT molecular complexity index is 1030. The van der Waals surface area contributed by atoms with E-state index >= 15 is 0 Å². The van der Waals surface area contributed by atoms with Crippen LogP contribution < -0.4 is 15.0 Å². The molecule has 2 heterocycles. The van der Waals surface area contributed by atoms with E-state index in [2.05, 4.69) is 56.3 Å². The summed E-state index contributed by atoms with van der Waals surface area (Å²) in [5, 5.41) is 3.38. The molecule has 3 aromatic rings. The first-order chi connectivity index (χ1) is 15.2. The maximum atomic E-state index is 5.92. The molecule has 1 N–H and O–H groups in total. The lowest BCUT2D eigenvalue weighted by atomic mass is 10.1. The van der Waals surface area contributed by atoms with Gasteiger partial charge in [0.05, 0.1) is 19.9 Å². The zero-order valence-electron chi connectivity index (χ0n) is 18.7. The number of piperazine rings is 1. The number of benzene rings is 2. The minimum atomic E-state index is 0. The molecule has 1 saturated heterocycles. The fourth-order valence-corrected chi connectivity index (χ4v) is 3.71. The molecule has 170 valence electrons. The Hall–Kier alpha value is -2.75. The van der Waals surface area contributed by atoms with Crippen LogP contribution in [-0.2, 0) is 6.54 Å². The summed E-state index contributed by atoms with van der Waals surface area (Å²) >= 11 is 0. The topological polar surface area (TPSA) is 66.1 Å². The van der Waals surface area contributed by atoms with Crippen LogP contribution in [0, 0.1) is 6.92 Å². The summed E-state index contributed by atoms with van der Waals surface area (Å²) in [5.74, 6) is 3.17. The Morgan fingerprint density at radius 1 is 1.12 bits per heavy atom. The number of aryl methyl sites for hydroxylation is 1. The van der Waals surface area contributed by atoms with Gasteiger partial charge in [0.15, 0.2) is 11.7 Å². The van der Waals surface area contributed by atoms with Gasteiger partial charge in [0.2, 0.25) is 5.89 Å². The SMILES string of the molecule is CN=C(NCc1ncc(-c2ccc(C)cc2)o1)N1CCN(c2cccc(OC)c2)CC1.I. The highest BCUT2D eigenvalue weighted by molar-refractivity contribution is 14.0. The third-order valence-electron chi connectivity index (χ3n) is 5.50. The van der Waals surface area contributed by atoms with Gasteiger partial charge in [0.25, 0.3) is 0 Å². The molecule has 1 aliphatic heterocycles. The molecular formula is C24H30IN5O2. The molecule has 0 saturated carbocycles. The third-order valence-corrected chi connectivity index (χ3v) is 5.50. The second-order valence-corrected chi connectivity index (χ2v) is 7.56. The summed E-state index contributed by atoms with van der Waals surface area (Å²) in [7, 11) is 3.51. The molecule has 0 atom stereocenters. The monoisotopic (exact) mass is 547 g/mol. The number of aromatic nitrogens is 1. The van der Waals surface area contributed by atoms with E-state index in [-0.39, 0.29) is 24.0 Å². The Balaban J connectivity index is 0.00000289. The van der Waals surface area contributed by atoms with Gasteiger partial charge in [0.1, 0.15) is 5.75 Å². The Morgan fingerprint density at radius 3 is 2.56 bits per heavy atom. The number of hydrogen-bond acceptors (Lipinski definition) is 5. The number of hydrogen-bond donors (Lipinski definition) is 1. The van der Waals surface area contributed by atoms with Crippen molar-refractivity contribution in [2.24, 2.45) is 4.99 Å². The quantitative estimate of drug-likeness (QED) is 0.294. The molecule has 4 rings (SSSR count). The molecular weight excluding hydrogens is 517 g/mol. The average Bonchev–Trinajstić information content (AvgIpc) is 3.29. The number of anilines is 1. The number of nitrogens with zero attached hydrogens (tertiary/aromatic N) is 4. The molecule has 1 aliphatic rings. The van der Waals surface area contributed by atoms with Crippen LogP contribution >= 0.6 is 24.0 Å². The molecule has 0 bridgehead atoms. The van der Waals surface area contributed by atoms with E-state index in [0.29, 0.717) is 12.4 Å². The van der Waals surface area contributed by atoms with Crippen LogP contribution in [0.5, 0.6) is 5.75 Å². The number of aliphatic imine (C=N–C) groups is 1. The summed E-state index contributed by atoms with van der Waals surface area (Å²) in [5.41, 5.74) is 3.44. The molecule has 32 heavy (non-hydrogen) atoms. The van der Waals surface area contributed by atoms with Gasteiger partial charge < -0.3 is 24.3 Å². The van der Waals surface area contributed by atoms with Crippen molar-refractivity contribution in [1.82, 2.24) is 15.2 Å². The highest BCUT2D eigenvalue weighted by atomic mass is 127. The molecule has 0 aliphatic carbocycles. The Morgan fingerprint density at radius 2 is 1.88 bits per heavy atom. The first-order valence-corrected chi connectivity index (χ1v) is 10.5. The van der Waals surface area contributed by atoms with Crippen LogP contribution in [-0.4, -0.2) is 56.2 Å². The molecule has 1 aromatic heterocycles. The number of ether oxygens (including phenoxy) is 1. The van der Waals surface area contributed by atoms with Crippen molar-refractivity contribution in [3.8, 4) is 17.1 Å². The van der Waals surface area contributed by atoms with Crippen LogP contribution in [0.3, 0.4) is 0 Å². The van der Waals surface area contributed by atoms with Gasteiger partial charge in [-0.3, -0.25) is 4.99 Å². The fraction of sp³-hybridized carbons (Fsp3) is 0.333. The van der Waals surface area contributed by atoms with Crippen LogP contribution in [0.25, 0.3) is 11.3 Å². The summed E-state index contributed by atoms with van der Waals surface area (Å²) in [6, 6.07) is 16.4. The highest BCUT2D eigenvalue weighted by Gasteiger charge is 2.20. The zero-order chi connectivity index (χ0) is 21.6. The van der Waals surface area contributed by atoms with Crippen molar-refractivity contribution < 1.29 is 9.15 Å². The predicted octanol–water partition coefficient (Wildman–Crippen LogP) is 4.17. The summed E-state index contributed by atoms with van der Waals surface area (Å²) in [6.07, 6.45) is 1.78. The van der Waals surface area contributed by atoms with Gasteiger partial charge in [-0.2, -0.15) is 0 Å². The van der Waals surface area contributed by atoms with Crippen molar-refractivity contribution in [1.29, 1.82) is 0 Å². The fourth-order valence-electron chi connectivity index (χ4n) is 3.71. The average molecular weight is 547 g/mol. The number of guanidine groups is 1. The molecule has 1 fully saturated rings. The van der Waals surface area contributed by atoms with Crippen molar-refractivity contribution in [3.63, 3.8) is 0 Å². The Kier molecular flexibility index (Phi) is 8.38. The molecule has 0 amide bonds. The van der Waals surface area contributed by atoms with Gasteiger partial charge in [-0.25, -0.2) is 4.98 Å². The largest absolute Gasteiger partial charge is 0.497 e. The third kappa shape index (κ3) is 5.73. The minimum absolute atomic E-state index is 0. The zero-order valence-corrected chi connectivity index (χ0v) is 21.1. The van der Waals surface area contributed by atoms with Crippen LogP contribution in [0.1, 0.15) is 11.5 Å². The maximum absolute atomic E-state index is 5.92. The van der Waals surface area contributed by atoms with Crippen LogP contribution in [0.2, 0.25) is 0 Å². The molecule has 8 heteroatoms. The second kappa shape index (κ2) is 11.2. The van der Waals surface area contributed by atoms with Crippen molar-refractivity contribution in [2.45, 2.75) is 13.5 Å². The predicted molar refractivity (Wildman–Crippen MR) is 139 cm³/mol. The van der Waals surface area contributed by atoms with E-state index in [0.717, 1.165) is 49.2 Å². The molecule has 0 unspecified atom stereocenters. The van der Waals surface area contributed by atoms with Gasteiger partial charge in [-0.05, 0) is 19.1 Å². The number of halogens is 1. The smallest absolute Gasteiger partial charge is 0.214 e. The lowest BCUT2D eigenvalue weighted by Gasteiger charge is -2.37. The van der Waals surface area contributed by atoms with Crippen molar-refractivity contribution >= 4 is 35.6 Å². The lowest BCUT2D eigenvalue weighted by molar-refractivity contribution is 0.368. The van der Waals surface area contributed by atoms with E-state index < -0.39 is 0 Å². The number of methoxy groups -OCH3 is 1. The molecule has 0 spiro atoms.